The molecule has 10 heteroatoms. The molecule has 0 radical (unpaired) electrons. The van der Waals surface area contributed by atoms with Crippen molar-refractivity contribution in [2.75, 3.05) is 0 Å². The summed E-state index contributed by atoms with van der Waals surface area (Å²) in [6.07, 6.45) is 1.44. The van der Waals surface area contributed by atoms with Gasteiger partial charge in [0.1, 0.15) is 5.82 Å². The number of aryl methyl sites for hydroxylation is 2. The highest BCUT2D eigenvalue weighted by Crippen LogP contribution is 2.32. The van der Waals surface area contributed by atoms with Gasteiger partial charge in [-0.2, -0.15) is 9.67 Å². The molecular weight excluding hydrogens is 435 g/mol. The Balaban J connectivity index is 1.46. The molecule has 5 rings (SSSR count). The average molecular weight is 452 g/mol. The quantitative estimate of drug-likeness (QED) is 0.492. The smallest absolute Gasteiger partial charge is 0.365 e. The Morgan fingerprint density at radius 1 is 1.25 bits per heavy atom. The van der Waals surface area contributed by atoms with Crippen LogP contribution in [0.1, 0.15) is 38.5 Å². The number of carbonyl (C=O) groups is 1. The normalized spacial score (nSPS) is 15.0. The van der Waals surface area contributed by atoms with E-state index >= 15 is 0 Å². The van der Waals surface area contributed by atoms with E-state index in [0.29, 0.717) is 17.1 Å². The molecule has 2 aromatic carbocycles. The highest BCUT2D eigenvalue weighted by Gasteiger charge is 2.29. The molecule has 0 fully saturated rings. The maximum absolute atomic E-state index is 14.8. The number of fused-ring (bicyclic) bond motifs is 1. The molecule has 4 aromatic rings. The molecular formula is C22H17FN4O4S. The van der Waals surface area contributed by atoms with E-state index in [1.807, 2.05) is 30.3 Å². The third kappa shape index (κ3) is 3.38. The predicted octanol–water partition coefficient (Wildman–Crippen LogP) is 3.96. The first-order chi connectivity index (χ1) is 15.4. The van der Waals surface area contributed by atoms with Crippen molar-refractivity contribution >= 4 is 17.3 Å². The molecule has 0 saturated heterocycles. The fourth-order valence-electron chi connectivity index (χ4n) is 3.83. The molecule has 2 aromatic heterocycles. The van der Waals surface area contributed by atoms with Gasteiger partial charge in [0.05, 0.1) is 16.6 Å². The van der Waals surface area contributed by atoms with Crippen LogP contribution in [-0.4, -0.2) is 30.4 Å². The summed E-state index contributed by atoms with van der Waals surface area (Å²) in [5, 5.41) is 13.3. The van der Waals surface area contributed by atoms with E-state index in [1.165, 1.54) is 16.8 Å². The highest BCUT2D eigenvalue weighted by molar-refractivity contribution is 7.13. The van der Waals surface area contributed by atoms with E-state index in [0.717, 1.165) is 29.4 Å². The van der Waals surface area contributed by atoms with Gasteiger partial charge in [-0.15, -0.1) is 16.4 Å². The number of carboxylic acids is 1. The van der Waals surface area contributed by atoms with Gasteiger partial charge in [0.15, 0.2) is 11.6 Å². The third-order valence-corrected chi connectivity index (χ3v) is 6.26. The maximum Gasteiger partial charge on any atom is 0.365 e. The second kappa shape index (κ2) is 7.72. The van der Waals surface area contributed by atoms with Crippen LogP contribution >= 0.6 is 11.3 Å². The van der Waals surface area contributed by atoms with Crippen LogP contribution in [-0.2, 0) is 6.42 Å². The minimum Gasteiger partial charge on any atom is -0.476 e. The Morgan fingerprint density at radius 2 is 2.03 bits per heavy atom. The summed E-state index contributed by atoms with van der Waals surface area (Å²) >= 11 is 0.945. The number of halogens is 1. The number of thiazole rings is 1. The van der Waals surface area contributed by atoms with E-state index in [2.05, 4.69) is 10.1 Å². The van der Waals surface area contributed by atoms with Gasteiger partial charge in [0, 0.05) is 12.5 Å². The Kier molecular flexibility index (Phi) is 4.86. The van der Waals surface area contributed by atoms with Crippen LogP contribution in [0.3, 0.4) is 0 Å². The number of hydrogen-bond acceptors (Lipinski definition) is 6. The van der Waals surface area contributed by atoms with E-state index < -0.39 is 11.8 Å². The lowest BCUT2D eigenvalue weighted by Gasteiger charge is -2.12. The van der Waals surface area contributed by atoms with Gasteiger partial charge in [-0.3, -0.25) is 4.57 Å². The number of hydrogen-bond donors (Lipinski definition) is 1. The maximum atomic E-state index is 14.8. The number of carboxylic acid groups (broad SMARTS) is 1. The lowest BCUT2D eigenvalue weighted by Crippen LogP contribution is -2.26. The molecule has 0 unspecified atom stereocenters. The zero-order valence-electron chi connectivity index (χ0n) is 16.9. The van der Waals surface area contributed by atoms with Crippen molar-refractivity contribution in [2.24, 2.45) is 0 Å². The number of aromatic carboxylic acids is 1. The molecule has 0 bridgehead atoms. The van der Waals surface area contributed by atoms with Crippen LogP contribution in [0.25, 0.3) is 5.69 Å². The van der Waals surface area contributed by atoms with Crippen LogP contribution in [0.4, 0.5) is 4.39 Å². The fourth-order valence-corrected chi connectivity index (χ4v) is 4.51. The minimum atomic E-state index is -1.18. The van der Waals surface area contributed by atoms with E-state index in [9.17, 15) is 14.0 Å². The summed E-state index contributed by atoms with van der Waals surface area (Å²) in [4.78, 5) is 28.5. The summed E-state index contributed by atoms with van der Waals surface area (Å²) in [7, 11) is 0. The fraction of sp³-hybridized carbons (Fsp3) is 0.182. The highest BCUT2D eigenvalue weighted by atomic mass is 32.1. The summed E-state index contributed by atoms with van der Waals surface area (Å²) in [5.74, 6) is -1.33. The summed E-state index contributed by atoms with van der Waals surface area (Å²) in [5.41, 5.74) is 0.970. The Hall–Kier alpha value is -3.79. The van der Waals surface area contributed by atoms with E-state index in [4.69, 9.17) is 9.84 Å². The second-order valence-electron chi connectivity index (χ2n) is 7.35. The zero-order valence-corrected chi connectivity index (χ0v) is 17.7. The first-order valence-electron chi connectivity index (χ1n) is 9.86. The van der Waals surface area contributed by atoms with Gasteiger partial charge in [0.2, 0.25) is 10.9 Å². The lowest BCUT2D eigenvalue weighted by molar-refractivity contribution is 0.0696. The first kappa shape index (κ1) is 20.1. The van der Waals surface area contributed by atoms with E-state index in [1.54, 1.807) is 11.5 Å². The topological polar surface area (TPSA) is 99.2 Å². The molecule has 162 valence electrons. The number of aromatic nitrogens is 4. The minimum absolute atomic E-state index is 0.0305. The van der Waals surface area contributed by atoms with Crippen LogP contribution in [0.2, 0.25) is 0 Å². The molecule has 3 heterocycles. The molecule has 1 aliphatic rings. The van der Waals surface area contributed by atoms with E-state index in [-0.39, 0.29) is 34.1 Å². The number of ether oxygens (including phenoxy) is 1. The molecule has 0 saturated carbocycles. The van der Waals surface area contributed by atoms with Gasteiger partial charge in [-0.05, 0) is 31.0 Å². The largest absolute Gasteiger partial charge is 0.476 e. The summed E-state index contributed by atoms with van der Waals surface area (Å²) < 4.78 is 23.1. The first-order valence-corrected chi connectivity index (χ1v) is 10.7. The Morgan fingerprint density at radius 3 is 2.72 bits per heavy atom. The Bertz CT molecular complexity index is 1390. The second-order valence-corrected chi connectivity index (χ2v) is 8.55. The van der Waals surface area contributed by atoms with Crippen LogP contribution in [0.15, 0.2) is 53.3 Å². The van der Waals surface area contributed by atoms with Crippen molar-refractivity contribution in [3.63, 3.8) is 0 Å². The van der Waals surface area contributed by atoms with Crippen LogP contribution < -0.4 is 10.4 Å². The Labute approximate surface area is 185 Å². The molecule has 32 heavy (non-hydrogen) atoms. The third-order valence-electron chi connectivity index (χ3n) is 5.32. The molecule has 0 aliphatic carbocycles. The van der Waals surface area contributed by atoms with Crippen molar-refractivity contribution in [3.8, 4) is 17.3 Å². The van der Waals surface area contributed by atoms with Crippen molar-refractivity contribution in [1.82, 2.24) is 19.3 Å². The van der Waals surface area contributed by atoms with Gasteiger partial charge >= 0.3 is 11.7 Å². The van der Waals surface area contributed by atoms with Gasteiger partial charge in [-0.25, -0.2) is 14.0 Å². The molecule has 1 atom stereocenters. The van der Waals surface area contributed by atoms with Crippen LogP contribution in [0.5, 0.6) is 11.6 Å². The van der Waals surface area contributed by atoms with Gasteiger partial charge in [0.25, 0.3) is 0 Å². The van der Waals surface area contributed by atoms with Crippen molar-refractivity contribution < 1.29 is 19.0 Å². The summed E-state index contributed by atoms with van der Waals surface area (Å²) in [6, 6.07) is 13.7. The number of benzene rings is 2. The predicted molar refractivity (Wildman–Crippen MR) is 115 cm³/mol. The van der Waals surface area contributed by atoms with Crippen LogP contribution in [0, 0.1) is 12.7 Å². The monoisotopic (exact) mass is 452 g/mol. The van der Waals surface area contributed by atoms with Gasteiger partial charge < -0.3 is 9.84 Å². The molecule has 8 nitrogen and oxygen atoms in total. The SMILES string of the molecule is Cc1sc(C(=O)O)nc1Oc1ccc(-n2nc3n(c2=O)[C@H](c2ccccc2)CC3)cc1F. The molecule has 1 N–H and O–H groups in total. The lowest BCUT2D eigenvalue weighted by atomic mass is 10.1. The molecule has 1 aliphatic heterocycles. The molecule has 0 amide bonds. The zero-order chi connectivity index (χ0) is 22.4. The number of rotatable bonds is 5. The summed E-state index contributed by atoms with van der Waals surface area (Å²) in [6.45, 7) is 1.64. The van der Waals surface area contributed by atoms with Crippen molar-refractivity contribution in [1.29, 1.82) is 0 Å². The van der Waals surface area contributed by atoms with Crippen molar-refractivity contribution in [2.45, 2.75) is 25.8 Å². The van der Waals surface area contributed by atoms with Crippen molar-refractivity contribution in [3.05, 3.63) is 86.1 Å². The average Bonchev–Trinajstić information content (AvgIpc) is 3.45. The van der Waals surface area contributed by atoms with Gasteiger partial charge in [-0.1, -0.05) is 30.3 Å². The number of nitrogens with zero attached hydrogens (tertiary/aromatic N) is 4. The molecule has 0 spiro atoms. The standard InChI is InChI=1S/C22H17FN4O4S/c1-12-19(24-20(32-12)21(28)29)31-17-9-7-14(11-15(17)23)27-22(30)26-16(8-10-18(26)25-27)13-5-3-2-4-6-13/h2-7,9,11,16H,8,10H2,1H3,(H,28,29)/t16-/m0/s1.